The fraction of sp³-hybridized carbons (Fsp3) is 0.400. The molecule has 0 radical (unpaired) electrons. The number of nitrogen functional groups attached to an aromatic ring is 1. The Bertz CT molecular complexity index is 1290. The smallest absolute Gasteiger partial charge is 0.145 e. The molecule has 3 heterocycles. The van der Waals surface area contributed by atoms with Gasteiger partial charge in [0.05, 0.1) is 15.9 Å². The van der Waals surface area contributed by atoms with Crippen LogP contribution >= 0.6 is 11.6 Å². The molecule has 3 N–H and O–H groups in total. The summed E-state index contributed by atoms with van der Waals surface area (Å²) in [6.07, 6.45) is 12.3. The Morgan fingerprint density at radius 2 is 2.00 bits per heavy atom. The lowest BCUT2D eigenvalue weighted by Gasteiger charge is -2.15. The van der Waals surface area contributed by atoms with Gasteiger partial charge in [0.1, 0.15) is 23.6 Å². The van der Waals surface area contributed by atoms with Crippen molar-refractivity contribution in [2.45, 2.75) is 57.0 Å². The molecule has 6 rings (SSSR count). The van der Waals surface area contributed by atoms with E-state index < -0.39 is 0 Å². The largest absolute Gasteiger partial charge is 0.382 e. The predicted molar refractivity (Wildman–Crippen MR) is 130 cm³/mol. The normalized spacial score (nSPS) is 20.9. The van der Waals surface area contributed by atoms with Gasteiger partial charge in [-0.25, -0.2) is 15.0 Å². The minimum atomic E-state index is 0.396. The van der Waals surface area contributed by atoms with Crippen LogP contribution in [0.25, 0.3) is 21.9 Å². The average Bonchev–Trinajstić information content (AvgIpc) is 3.30. The summed E-state index contributed by atoms with van der Waals surface area (Å²) in [5, 5.41) is 6.24. The summed E-state index contributed by atoms with van der Waals surface area (Å²) in [7, 11) is 0. The third-order valence-corrected chi connectivity index (χ3v) is 7.34. The van der Waals surface area contributed by atoms with Gasteiger partial charge in [0.25, 0.3) is 0 Å². The molecule has 0 spiro atoms. The summed E-state index contributed by atoms with van der Waals surface area (Å²) in [6.45, 7) is 0. The van der Waals surface area contributed by atoms with E-state index in [1.54, 1.807) is 6.33 Å². The maximum atomic E-state index is 6.10. The van der Waals surface area contributed by atoms with Crippen LogP contribution in [-0.4, -0.2) is 25.6 Å². The maximum Gasteiger partial charge on any atom is 0.145 e. The van der Waals surface area contributed by atoms with Crippen molar-refractivity contribution in [1.29, 1.82) is 0 Å². The SMILES string of the molecule is Nc1nc2cc(CC[C@@H]3CC[C@H](n4ccc5c(NC6CC6)ncnc54)C3)ccc2cc1Cl. The number of aryl methyl sites for hydroxylation is 1. The molecule has 3 aromatic heterocycles. The summed E-state index contributed by atoms with van der Waals surface area (Å²) < 4.78 is 2.38. The third-order valence-electron chi connectivity index (χ3n) is 7.04. The number of nitrogens with two attached hydrogens (primary N) is 1. The Kier molecular flexibility index (Phi) is 4.90. The maximum absolute atomic E-state index is 6.10. The van der Waals surface area contributed by atoms with Gasteiger partial charge < -0.3 is 15.6 Å². The van der Waals surface area contributed by atoms with Crippen molar-refractivity contribution >= 4 is 45.2 Å². The van der Waals surface area contributed by atoms with Crippen LogP contribution in [0.5, 0.6) is 0 Å². The number of rotatable bonds is 6. The fourth-order valence-electron chi connectivity index (χ4n) is 5.09. The van der Waals surface area contributed by atoms with Crippen molar-refractivity contribution in [3.8, 4) is 0 Å². The lowest BCUT2D eigenvalue weighted by Crippen LogP contribution is -2.07. The molecule has 164 valence electrons. The first-order chi connectivity index (χ1) is 15.6. The molecule has 4 aromatic rings. The monoisotopic (exact) mass is 446 g/mol. The minimum Gasteiger partial charge on any atom is -0.382 e. The van der Waals surface area contributed by atoms with E-state index in [1.807, 2.05) is 6.07 Å². The Balaban J connectivity index is 1.13. The Labute approximate surface area is 192 Å². The Hall–Kier alpha value is -2.86. The van der Waals surface area contributed by atoms with Crippen molar-refractivity contribution in [3.63, 3.8) is 0 Å². The third kappa shape index (κ3) is 3.77. The number of fused-ring (bicyclic) bond motifs is 2. The number of hydrogen-bond acceptors (Lipinski definition) is 5. The predicted octanol–water partition coefficient (Wildman–Crippen LogP) is 5.76. The van der Waals surface area contributed by atoms with E-state index in [0.717, 1.165) is 40.1 Å². The summed E-state index contributed by atoms with van der Waals surface area (Å²) in [5.41, 5.74) is 9.18. The Morgan fingerprint density at radius 1 is 1.09 bits per heavy atom. The molecule has 2 aliphatic rings. The van der Waals surface area contributed by atoms with E-state index in [2.05, 4.69) is 55.3 Å². The zero-order valence-corrected chi connectivity index (χ0v) is 18.7. The zero-order valence-electron chi connectivity index (χ0n) is 18.0. The summed E-state index contributed by atoms with van der Waals surface area (Å²) in [6, 6.07) is 11.6. The molecule has 2 atom stereocenters. The molecular formula is C25H27ClN6. The van der Waals surface area contributed by atoms with Gasteiger partial charge in [-0.15, -0.1) is 0 Å². The first-order valence-electron chi connectivity index (χ1n) is 11.6. The number of benzene rings is 1. The first-order valence-corrected chi connectivity index (χ1v) is 11.9. The van der Waals surface area contributed by atoms with Crippen molar-refractivity contribution in [2.24, 2.45) is 5.92 Å². The van der Waals surface area contributed by atoms with Crippen LogP contribution in [0.3, 0.4) is 0 Å². The molecule has 0 amide bonds. The molecule has 0 unspecified atom stereocenters. The standard InChI is InChI=1S/C25H27ClN6/c26-21-13-17-5-3-16(12-22(17)31-23(21)27)2-1-15-4-8-19(11-15)32-10-9-20-24(30-18-6-7-18)28-14-29-25(20)32/h3,5,9-10,12-15,18-19H,1-2,4,6-8,11H2,(H2,27,31)(H,28,29,30)/t15-,19+/m1/s1. The highest BCUT2D eigenvalue weighted by atomic mass is 35.5. The van der Waals surface area contributed by atoms with Crippen molar-refractivity contribution in [1.82, 2.24) is 19.5 Å². The summed E-state index contributed by atoms with van der Waals surface area (Å²) in [5.74, 6) is 2.10. The molecule has 2 saturated carbocycles. The van der Waals surface area contributed by atoms with Crippen LogP contribution < -0.4 is 11.1 Å². The van der Waals surface area contributed by atoms with E-state index in [9.17, 15) is 0 Å². The van der Waals surface area contributed by atoms with Gasteiger partial charge in [-0.05, 0) is 74.6 Å². The Morgan fingerprint density at radius 3 is 2.88 bits per heavy atom. The highest BCUT2D eigenvalue weighted by Gasteiger charge is 2.28. The minimum absolute atomic E-state index is 0.396. The second kappa shape index (κ2) is 7.93. The van der Waals surface area contributed by atoms with E-state index in [1.165, 1.54) is 44.1 Å². The van der Waals surface area contributed by atoms with E-state index in [4.69, 9.17) is 17.3 Å². The lowest BCUT2D eigenvalue weighted by molar-refractivity contribution is 0.461. The number of nitrogens with one attached hydrogen (secondary N) is 1. The van der Waals surface area contributed by atoms with Crippen LogP contribution in [-0.2, 0) is 6.42 Å². The van der Waals surface area contributed by atoms with Gasteiger partial charge in [0.15, 0.2) is 0 Å². The fourth-order valence-corrected chi connectivity index (χ4v) is 5.25. The van der Waals surface area contributed by atoms with Gasteiger partial charge >= 0.3 is 0 Å². The quantitative estimate of drug-likeness (QED) is 0.393. The van der Waals surface area contributed by atoms with Crippen LogP contribution in [0.1, 0.15) is 50.1 Å². The van der Waals surface area contributed by atoms with Crippen molar-refractivity contribution in [2.75, 3.05) is 11.1 Å². The van der Waals surface area contributed by atoms with Gasteiger partial charge in [0.2, 0.25) is 0 Å². The number of halogens is 1. The number of nitrogens with zero attached hydrogens (tertiary/aromatic N) is 4. The van der Waals surface area contributed by atoms with Crippen LogP contribution in [0.15, 0.2) is 42.9 Å². The first kappa shape index (κ1) is 19.8. The van der Waals surface area contributed by atoms with Gasteiger partial charge in [-0.2, -0.15) is 0 Å². The van der Waals surface area contributed by atoms with E-state index in [0.29, 0.717) is 22.9 Å². The summed E-state index contributed by atoms with van der Waals surface area (Å²) >= 11 is 6.10. The molecule has 7 heteroatoms. The van der Waals surface area contributed by atoms with E-state index >= 15 is 0 Å². The molecule has 2 aliphatic carbocycles. The topological polar surface area (TPSA) is 81.6 Å². The molecular weight excluding hydrogens is 420 g/mol. The number of pyridine rings is 1. The van der Waals surface area contributed by atoms with Crippen molar-refractivity contribution in [3.05, 3.63) is 53.4 Å². The number of hydrogen-bond donors (Lipinski definition) is 2. The zero-order chi connectivity index (χ0) is 21.7. The van der Waals surface area contributed by atoms with E-state index in [-0.39, 0.29) is 0 Å². The van der Waals surface area contributed by atoms with Gasteiger partial charge in [0, 0.05) is 23.7 Å². The molecule has 0 bridgehead atoms. The molecule has 2 fully saturated rings. The van der Waals surface area contributed by atoms with Gasteiger partial charge in [-0.1, -0.05) is 23.7 Å². The highest BCUT2D eigenvalue weighted by molar-refractivity contribution is 6.33. The van der Waals surface area contributed by atoms with Crippen LogP contribution in [0.4, 0.5) is 11.6 Å². The second-order valence-corrected chi connectivity index (χ2v) is 9.76. The molecule has 0 aliphatic heterocycles. The molecule has 1 aromatic carbocycles. The van der Waals surface area contributed by atoms with Crippen LogP contribution in [0.2, 0.25) is 5.02 Å². The molecule has 6 nitrogen and oxygen atoms in total. The number of aromatic nitrogens is 4. The average molecular weight is 447 g/mol. The molecule has 32 heavy (non-hydrogen) atoms. The number of anilines is 2. The lowest BCUT2D eigenvalue weighted by atomic mass is 9.97. The molecule has 0 saturated heterocycles. The van der Waals surface area contributed by atoms with Crippen LogP contribution in [0, 0.1) is 5.92 Å². The second-order valence-electron chi connectivity index (χ2n) is 9.36. The van der Waals surface area contributed by atoms with Crippen molar-refractivity contribution < 1.29 is 0 Å². The summed E-state index contributed by atoms with van der Waals surface area (Å²) in [4.78, 5) is 13.5. The highest BCUT2D eigenvalue weighted by Crippen LogP contribution is 2.39. The van der Waals surface area contributed by atoms with Gasteiger partial charge in [-0.3, -0.25) is 0 Å².